The Morgan fingerprint density at radius 3 is 2.47 bits per heavy atom. The van der Waals surface area contributed by atoms with Gasteiger partial charge in [-0.1, -0.05) is 6.92 Å². The van der Waals surface area contributed by atoms with Crippen molar-refractivity contribution in [1.29, 1.82) is 0 Å². The first-order valence-corrected chi connectivity index (χ1v) is 6.23. The van der Waals surface area contributed by atoms with Gasteiger partial charge in [0.2, 0.25) is 0 Å². The Labute approximate surface area is 95.0 Å². The van der Waals surface area contributed by atoms with E-state index in [1.807, 2.05) is 37.4 Å². The van der Waals surface area contributed by atoms with Crippen molar-refractivity contribution in [2.75, 3.05) is 6.26 Å². The van der Waals surface area contributed by atoms with Crippen molar-refractivity contribution in [2.45, 2.75) is 31.3 Å². The Balaban J connectivity index is 2.60. The maximum absolute atomic E-state index is 11.3. The van der Waals surface area contributed by atoms with Gasteiger partial charge in [0, 0.05) is 11.3 Å². The molecule has 0 heterocycles. The molecular weight excluding hydrogens is 208 g/mol. The van der Waals surface area contributed by atoms with Crippen LogP contribution < -0.4 is 4.74 Å². The number of carbonyl (C=O) groups excluding carboxylic acids is 1. The first-order valence-electron chi connectivity index (χ1n) is 5.00. The lowest BCUT2D eigenvalue weighted by Crippen LogP contribution is -2.22. The number of Topliss-reactive ketones (excluding diaryl/α,β-unsaturated/α-hetero) is 1. The summed E-state index contributed by atoms with van der Waals surface area (Å²) in [6, 6.07) is 7.77. The number of hydrogen-bond acceptors (Lipinski definition) is 3. The molecule has 15 heavy (non-hydrogen) atoms. The molecule has 0 amide bonds. The molecule has 0 radical (unpaired) electrons. The van der Waals surface area contributed by atoms with Crippen LogP contribution in [0.5, 0.6) is 5.75 Å². The quantitative estimate of drug-likeness (QED) is 0.719. The summed E-state index contributed by atoms with van der Waals surface area (Å²) in [7, 11) is 0. The second kappa shape index (κ2) is 5.81. The highest BCUT2D eigenvalue weighted by molar-refractivity contribution is 7.98. The van der Waals surface area contributed by atoms with Crippen LogP contribution >= 0.6 is 11.8 Å². The zero-order valence-corrected chi connectivity index (χ0v) is 10.1. The fourth-order valence-electron chi connectivity index (χ4n) is 1.21. The van der Waals surface area contributed by atoms with Gasteiger partial charge < -0.3 is 4.74 Å². The maximum atomic E-state index is 11.3. The number of benzene rings is 1. The lowest BCUT2D eigenvalue weighted by molar-refractivity contribution is -0.124. The molecule has 1 unspecified atom stereocenters. The number of thioether (sulfide) groups is 1. The minimum Gasteiger partial charge on any atom is -0.483 e. The summed E-state index contributed by atoms with van der Waals surface area (Å²) in [6.45, 7) is 3.63. The number of rotatable bonds is 5. The van der Waals surface area contributed by atoms with E-state index >= 15 is 0 Å². The highest BCUT2D eigenvalue weighted by atomic mass is 32.2. The van der Waals surface area contributed by atoms with E-state index < -0.39 is 0 Å². The molecule has 0 fully saturated rings. The summed E-state index contributed by atoms with van der Waals surface area (Å²) in [5, 5.41) is 0. The fourth-order valence-corrected chi connectivity index (χ4v) is 1.62. The van der Waals surface area contributed by atoms with E-state index in [4.69, 9.17) is 4.74 Å². The first kappa shape index (κ1) is 12.1. The molecule has 1 aromatic rings. The van der Waals surface area contributed by atoms with Gasteiger partial charge in [-0.25, -0.2) is 0 Å². The number of hydrogen-bond donors (Lipinski definition) is 0. The SMILES string of the molecule is CCC(=O)C(C)Oc1ccc(SC)cc1. The summed E-state index contributed by atoms with van der Waals surface area (Å²) in [5.41, 5.74) is 0. The highest BCUT2D eigenvalue weighted by Gasteiger charge is 2.11. The first-order chi connectivity index (χ1) is 7.17. The number of ether oxygens (including phenoxy) is 1. The van der Waals surface area contributed by atoms with Crippen molar-refractivity contribution in [3.05, 3.63) is 24.3 Å². The van der Waals surface area contributed by atoms with Crippen LogP contribution in [0.25, 0.3) is 0 Å². The number of ketones is 1. The second-order valence-electron chi connectivity index (χ2n) is 3.26. The zero-order valence-electron chi connectivity index (χ0n) is 9.32. The second-order valence-corrected chi connectivity index (χ2v) is 4.14. The smallest absolute Gasteiger partial charge is 0.172 e. The molecule has 2 nitrogen and oxygen atoms in total. The zero-order chi connectivity index (χ0) is 11.3. The molecule has 0 saturated heterocycles. The van der Waals surface area contributed by atoms with Crippen molar-refractivity contribution in [3.8, 4) is 5.75 Å². The van der Waals surface area contributed by atoms with E-state index in [2.05, 4.69) is 0 Å². The van der Waals surface area contributed by atoms with Crippen LogP contribution in [0.3, 0.4) is 0 Å². The van der Waals surface area contributed by atoms with Crippen molar-refractivity contribution in [1.82, 2.24) is 0 Å². The van der Waals surface area contributed by atoms with E-state index in [-0.39, 0.29) is 11.9 Å². The van der Waals surface area contributed by atoms with E-state index in [9.17, 15) is 4.79 Å². The lowest BCUT2D eigenvalue weighted by Gasteiger charge is -2.12. The molecule has 1 atom stereocenters. The largest absolute Gasteiger partial charge is 0.483 e. The van der Waals surface area contributed by atoms with Crippen molar-refractivity contribution >= 4 is 17.5 Å². The van der Waals surface area contributed by atoms with Crippen LogP contribution in [0.15, 0.2) is 29.2 Å². The third-order valence-electron chi connectivity index (χ3n) is 2.17. The average molecular weight is 224 g/mol. The normalized spacial score (nSPS) is 12.2. The van der Waals surface area contributed by atoms with Gasteiger partial charge >= 0.3 is 0 Å². The predicted molar refractivity (Wildman–Crippen MR) is 63.6 cm³/mol. The van der Waals surface area contributed by atoms with Gasteiger partial charge in [-0.05, 0) is 37.4 Å². The number of carbonyl (C=O) groups is 1. The van der Waals surface area contributed by atoms with Gasteiger partial charge in [0.05, 0.1) is 0 Å². The monoisotopic (exact) mass is 224 g/mol. The molecular formula is C12H16O2S. The molecule has 0 N–H and O–H groups in total. The summed E-state index contributed by atoms with van der Waals surface area (Å²) in [4.78, 5) is 12.5. The van der Waals surface area contributed by atoms with Crippen LogP contribution in [0.2, 0.25) is 0 Å². The third-order valence-corrected chi connectivity index (χ3v) is 2.92. The average Bonchev–Trinajstić information content (AvgIpc) is 2.29. The summed E-state index contributed by atoms with van der Waals surface area (Å²) >= 11 is 1.68. The third kappa shape index (κ3) is 3.59. The van der Waals surface area contributed by atoms with E-state index in [1.54, 1.807) is 18.7 Å². The molecule has 3 heteroatoms. The summed E-state index contributed by atoms with van der Waals surface area (Å²) in [5.74, 6) is 0.881. The topological polar surface area (TPSA) is 26.3 Å². The van der Waals surface area contributed by atoms with Gasteiger partial charge in [-0.15, -0.1) is 11.8 Å². The van der Waals surface area contributed by atoms with Gasteiger partial charge in [0.15, 0.2) is 11.9 Å². The predicted octanol–water partition coefficient (Wildman–Crippen LogP) is 3.15. The molecule has 0 bridgehead atoms. The van der Waals surface area contributed by atoms with Crippen LogP contribution in [0.4, 0.5) is 0 Å². The molecule has 0 aliphatic rings. The Morgan fingerprint density at radius 1 is 1.40 bits per heavy atom. The minimum absolute atomic E-state index is 0.129. The molecule has 0 aliphatic carbocycles. The van der Waals surface area contributed by atoms with Crippen LogP contribution in [-0.4, -0.2) is 18.1 Å². The molecule has 82 valence electrons. The maximum Gasteiger partial charge on any atom is 0.172 e. The van der Waals surface area contributed by atoms with Gasteiger partial charge in [-0.3, -0.25) is 4.79 Å². The summed E-state index contributed by atoms with van der Waals surface area (Å²) < 4.78 is 5.51. The Bertz CT molecular complexity index is 319. The lowest BCUT2D eigenvalue weighted by atomic mass is 10.2. The molecule has 0 aromatic heterocycles. The van der Waals surface area contributed by atoms with Gasteiger partial charge in [0.25, 0.3) is 0 Å². The van der Waals surface area contributed by atoms with Gasteiger partial charge in [-0.2, -0.15) is 0 Å². The molecule has 1 rings (SSSR count). The highest BCUT2D eigenvalue weighted by Crippen LogP contribution is 2.19. The molecule has 0 saturated carbocycles. The van der Waals surface area contributed by atoms with Crippen molar-refractivity contribution < 1.29 is 9.53 Å². The van der Waals surface area contributed by atoms with E-state index in [1.165, 1.54) is 4.90 Å². The summed E-state index contributed by atoms with van der Waals surface area (Å²) in [6.07, 6.45) is 2.19. The Hall–Kier alpha value is -0.960. The molecule has 1 aromatic carbocycles. The van der Waals surface area contributed by atoms with Crippen LogP contribution in [0.1, 0.15) is 20.3 Å². The Morgan fingerprint density at radius 2 is 2.00 bits per heavy atom. The molecule has 0 aliphatic heterocycles. The standard InChI is InChI=1S/C12H16O2S/c1-4-12(13)9(2)14-10-5-7-11(15-3)8-6-10/h5-9H,4H2,1-3H3. The van der Waals surface area contributed by atoms with E-state index in [0.717, 1.165) is 5.75 Å². The molecule has 0 spiro atoms. The van der Waals surface area contributed by atoms with Crippen LogP contribution in [0, 0.1) is 0 Å². The Kier molecular flexibility index (Phi) is 4.69. The fraction of sp³-hybridized carbons (Fsp3) is 0.417. The van der Waals surface area contributed by atoms with E-state index in [0.29, 0.717) is 6.42 Å². The van der Waals surface area contributed by atoms with Gasteiger partial charge in [0.1, 0.15) is 5.75 Å². The van der Waals surface area contributed by atoms with Crippen molar-refractivity contribution in [3.63, 3.8) is 0 Å². The van der Waals surface area contributed by atoms with Crippen LogP contribution in [-0.2, 0) is 4.79 Å². The minimum atomic E-state index is -0.352. The van der Waals surface area contributed by atoms with Crippen molar-refractivity contribution in [2.24, 2.45) is 0 Å².